The third-order valence-electron chi connectivity index (χ3n) is 4.29. The molecule has 2 aliphatic rings. The van der Waals surface area contributed by atoms with Crippen molar-refractivity contribution in [1.82, 2.24) is 0 Å². The standard InChI is InChI=1S/C17H22O4/c1-15(2,3)20-14(18)17(16(21-17)10-5-11-16)12-6-8-13(19-4)9-7-12/h6-9H,5,10-11H2,1-4H3. The van der Waals surface area contributed by atoms with E-state index in [2.05, 4.69) is 0 Å². The van der Waals surface area contributed by atoms with Gasteiger partial charge in [0.05, 0.1) is 7.11 Å². The predicted octanol–water partition coefficient (Wildman–Crippen LogP) is 3.19. The molecule has 1 aliphatic heterocycles. The van der Waals surface area contributed by atoms with Crippen LogP contribution in [0, 0.1) is 0 Å². The van der Waals surface area contributed by atoms with E-state index in [0.717, 1.165) is 30.6 Å². The molecular weight excluding hydrogens is 268 g/mol. The molecule has 1 heterocycles. The molecule has 0 bridgehead atoms. The second-order valence-corrected chi connectivity index (χ2v) is 6.86. The van der Waals surface area contributed by atoms with Crippen molar-refractivity contribution < 1.29 is 19.0 Å². The van der Waals surface area contributed by atoms with Crippen LogP contribution in [0.3, 0.4) is 0 Å². The first-order valence-electron chi connectivity index (χ1n) is 7.41. The second-order valence-electron chi connectivity index (χ2n) is 6.86. The van der Waals surface area contributed by atoms with Gasteiger partial charge in [-0.2, -0.15) is 0 Å². The lowest BCUT2D eigenvalue weighted by atomic mass is 9.73. The van der Waals surface area contributed by atoms with E-state index in [0.29, 0.717) is 0 Å². The molecule has 3 rings (SSSR count). The maximum absolute atomic E-state index is 12.7. The molecule has 1 aromatic rings. The molecule has 0 radical (unpaired) electrons. The summed E-state index contributed by atoms with van der Waals surface area (Å²) in [5.41, 5.74) is -0.931. The molecule has 21 heavy (non-hydrogen) atoms. The third kappa shape index (κ3) is 2.13. The van der Waals surface area contributed by atoms with Crippen LogP contribution in [0.2, 0.25) is 0 Å². The van der Waals surface area contributed by atoms with Crippen molar-refractivity contribution in [3.63, 3.8) is 0 Å². The van der Waals surface area contributed by atoms with Gasteiger partial charge < -0.3 is 14.2 Å². The summed E-state index contributed by atoms with van der Waals surface area (Å²) in [6.07, 6.45) is 2.93. The van der Waals surface area contributed by atoms with E-state index in [4.69, 9.17) is 14.2 Å². The largest absolute Gasteiger partial charge is 0.497 e. The Hall–Kier alpha value is -1.55. The fourth-order valence-electron chi connectivity index (χ4n) is 3.06. The van der Waals surface area contributed by atoms with E-state index in [-0.39, 0.29) is 11.6 Å². The summed E-state index contributed by atoms with van der Waals surface area (Å²) in [6.45, 7) is 5.63. The maximum atomic E-state index is 12.7. The molecule has 1 aliphatic carbocycles. The lowest BCUT2D eigenvalue weighted by Gasteiger charge is -2.28. The highest BCUT2D eigenvalue weighted by molar-refractivity contribution is 5.87. The second kappa shape index (κ2) is 4.47. The van der Waals surface area contributed by atoms with Gasteiger partial charge in [0.2, 0.25) is 5.60 Å². The van der Waals surface area contributed by atoms with Gasteiger partial charge in [-0.25, -0.2) is 4.79 Å². The minimum atomic E-state index is -0.926. The number of epoxide rings is 1. The summed E-state index contributed by atoms with van der Waals surface area (Å²) in [5, 5.41) is 0. The number of hydrogen-bond donors (Lipinski definition) is 0. The summed E-state index contributed by atoms with van der Waals surface area (Å²) >= 11 is 0. The lowest BCUT2D eigenvalue weighted by molar-refractivity contribution is -0.162. The van der Waals surface area contributed by atoms with Crippen LogP contribution in [0.5, 0.6) is 5.75 Å². The monoisotopic (exact) mass is 290 g/mol. The fraction of sp³-hybridized carbons (Fsp3) is 0.588. The molecule has 2 fully saturated rings. The zero-order chi connectivity index (χ0) is 15.3. The molecular formula is C17H22O4. The summed E-state index contributed by atoms with van der Waals surface area (Å²) in [5.74, 6) is 0.487. The quantitative estimate of drug-likeness (QED) is 0.633. The Morgan fingerprint density at radius 2 is 1.81 bits per heavy atom. The van der Waals surface area contributed by atoms with E-state index >= 15 is 0 Å². The molecule has 0 N–H and O–H groups in total. The van der Waals surface area contributed by atoms with Crippen molar-refractivity contribution >= 4 is 5.97 Å². The van der Waals surface area contributed by atoms with E-state index in [9.17, 15) is 4.79 Å². The first-order chi connectivity index (χ1) is 9.83. The first-order valence-corrected chi connectivity index (χ1v) is 7.41. The van der Waals surface area contributed by atoms with E-state index in [1.165, 1.54) is 0 Å². The topological polar surface area (TPSA) is 48.1 Å². The highest BCUT2D eigenvalue weighted by Crippen LogP contribution is 2.66. The fourth-order valence-corrected chi connectivity index (χ4v) is 3.06. The van der Waals surface area contributed by atoms with Gasteiger partial charge in [0, 0.05) is 0 Å². The zero-order valence-corrected chi connectivity index (χ0v) is 13.1. The number of rotatable bonds is 3. The first kappa shape index (κ1) is 14.4. The number of benzene rings is 1. The van der Waals surface area contributed by atoms with Crippen LogP contribution in [-0.2, 0) is 19.9 Å². The SMILES string of the molecule is COc1ccc(C2(C(=O)OC(C)(C)C)OC23CCC3)cc1. The van der Waals surface area contributed by atoms with Gasteiger partial charge in [0.25, 0.3) is 0 Å². The molecule has 1 saturated carbocycles. The number of carbonyl (C=O) groups is 1. The number of hydrogen-bond acceptors (Lipinski definition) is 4. The van der Waals surface area contributed by atoms with Gasteiger partial charge >= 0.3 is 5.97 Å². The van der Waals surface area contributed by atoms with Crippen molar-refractivity contribution in [3.05, 3.63) is 29.8 Å². The number of ether oxygens (including phenoxy) is 3. The zero-order valence-electron chi connectivity index (χ0n) is 13.1. The molecule has 1 aromatic carbocycles. The molecule has 1 unspecified atom stereocenters. The van der Waals surface area contributed by atoms with Gasteiger partial charge in [-0.1, -0.05) is 12.1 Å². The minimum Gasteiger partial charge on any atom is -0.497 e. The van der Waals surface area contributed by atoms with Gasteiger partial charge in [0.1, 0.15) is 17.0 Å². The van der Waals surface area contributed by atoms with Crippen molar-refractivity contribution in [1.29, 1.82) is 0 Å². The predicted molar refractivity (Wildman–Crippen MR) is 78.2 cm³/mol. The van der Waals surface area contributed by atoms with E-state index < -0.39 is 11.2 Å². The lowest BCUT2D eigenvalue weighted by Crippen LogP contribution is -2.40. The average Bonchev–Trinajstić information content (AvgIpc) is 3.09. The molecule has 0 amide bonds. The summed E-state index contributed by atoms with van der Waals surface area (Å²) in [7, 11) is 1.62. The Kier molecular flexibility index (Phi) is 3.06. The molecule has 4 nitrogen and oxygen atoms in total. The Bertz CT molecular complexity index is 551. The molecule has 1 spiro atoms. The van der Waals surface area contributed by atoms with E-state index in [1.54, 1.807) is 7.11 Å². The summed E-state index contributed by atoms with van der Waals surface area (Å²) in [6, 6.07) is 7.51. The van der Waals surface area contributed by atoms with Crippen molar-refractivity contribution in [2.45, 2.75) is 56.8 Å². The average molecular weight is 290 g/mol. The van der Waals surface area contributed by atoms with Crippen LogP contribution < -0.4 is 4.74 Å². The molecule has 0 aromatic heterocycles. The van der Waals surface area contributed by atoms with Crippen LogP contribution >= 0.6 is 0 Å². The smallest absolute Gasteiger partial charge is 0.346 e. The third-order valence-corrected chi connectivity index (χ3v) is 4.29. The molecule has 4 heteroatoms. The summed E-state index contributed by atoms with van der Waals surface area (Å²) < 4.78 is 16.8. The van der Waals surface area contributed by atoms with Gasteiger partial charge in [-0.3, -0.25) is 0 Å². The highest BCUT2D eigenvalue weighted by Gasteiger charge is 2.78. The van der Waals surface area contributed by atoms with Gasteiger partial charge in [-0.15, -0.1) is 0 Å². The number of methoxy groups -OCH3 is 1. The van der Waals surface area contributed by atoms with Gasteiger partial charge in [0.15, 0.2) is 0 Å². The molecule has 114 valence electrons. The Labute approximate surface area is 125 Å². The Morgan fingerprint density at radius 3 is 2.19 bits per heavy atom. The number of esters is 1. The van der Waals surface area contributed by atoms with Crippen LogP contribution in [0.25, 0.3) is 0 Å². The minimum absolute atomic E-state index is 0.278. The summed E-state index contributed by atoms with van der Waals surface area (Å²) in [4.78, 5) is 12.7. The molecule has 1 saturated heterocycles. The van der Waals surface area contributed by atoms with Crippen LogP contribution in [0.1, 0.15) is 45.6 Å². The Balaban J connectivity index is 1.93. The normalized spacial score (nSPS) is 26.1. The van der Waals surface area contributed by atoms with Crippen molar-refractivity contribution in [2.75, 3.05) is 7.11 Å². The highest BCUT2D eigenvalue weighted by atomic mass is 16.7. The number of carbonyl (C=O) groups excluding carboxylic acids is 1. The van der Waals surface area contributed by atoms with Crippen molar-refractivity contribution in [3.8, 4) is 5.75 Å². The van der Waals surface area contributed by atoms with Gasteiger partial charge in [-0.05, 0) is 57.7 Å². The van der Waals surface area contributed by atoms with Crippen LogP contribution in [0.4, 0.5) is 0 Å². The molecule has 1 atom stereocenters. The maximum Gasteiger partial charge on any atom is 0.346 e. The van der Waals surface area contributed by atoms with Crippen LogP contribution in [0.15, 0.2) is 24.3 Å². The Morgan fingerprint density at radius 1 is 1.19 bits per heavy atom. The van der Waals surface area contributed by atoms with Crippen LogP contribution in [-0.4, -0.2) is 24.3 Å². The van der Waals surface area contributed by atoms with E-state index in [1.807, 2.05) is 45.0 Å². The van der Waals surface area contributed by atoms with Crippen molar-refractivity contribution in [2.24, 2.45) is 0 Å².